The molecule has 1 aliphatic rings. The number of rotatable bonds is 8. The number of nitrogens with two attached hydrogens (primary N) is 1. The molecule has 2 unspecified atom stereocenters. The van der Waals surface area contributed by atoms with Gasteiger partial charge in [0.1, 0.15) is 0 Å². The van der Waals surface area contributed by atoms with Crippen molar-refractivity contribution in [2.24, 2.45) is 5.73 Å². The van der Waals surface area contributed by atoms with Crippen LogP contribution in [-0.2, 0) is 19.6 Å². The highest BCUT2D eigenvalue weighted by molar-refractivity contribution is 7.89. The zero-order valence-corrected chi connectivity index (χ0v) is 15.9. The molecule has 1 aliphatic heterocycles. The Morgan fingerprint density at radius 1 is 1.36 bits per heavy atom. The molecule has 0 spiro atoms. The standard InChI is InChI=1S/C16H25N3O4S.ClH/c1-12-5-6-14(23-12)7-8-16(20)19-13-3-2-4-15(11-13)24(21,22)18-10-9-17;/h2-4,11-12,14,18H,5-10,17H2,1H3,(H,19,20);1H. The minimum absolute atomic E-state index is 0. The Morgan fingerprint density at radius 2 is 2.12 bits per heavy atom. The van der Waals surface area contributed by atoms with Crippen LogP contribution in [0.1, 0.15) is 32.6 Å². The molecule has 0 aromatic heterocycles. The van der Waals surface area contributed by atoms with Crippen LogP contribution in [-0.4, -0.2) is 39.6 Å². The largest absolute Gasteiger partial charge is 0.375 e. The molecule has 1 aromatic carbocycles. The number of carbonyl (C=O) groups excluding carboxylic acids is 1. The summed E-state index contributed by atoms with van der Waals surface area (Å²) < 4.78 is 32.2. The number of halogens is 1. The number of ether oxygens (including phenoxy) is 1. The average Bonchev–Trinajstić information content (AvgIpc) is 2.97. The van der Waals surface area contributed by atoms with E-state index in [2.05, 4.69) is 10.0 Å². The summed E-state index contributed by atoms with van der Waals surface area (Å²) in [6.07, 6.45) is 3.43. The van der Waals surface area contributed by atoms with E-state index in [1.54, 1.807) is 12.1 Å². The Labute approximate surface area is 155 Å². The molecule has 7 nitrogen and oxygen atoms in total. The Balaban J connectivity index is 0.00000312. The van der Waals surface area contributed by atoms with Gasteiger partial charge in [-0.3, -0.25) is 4.79 Å². The number of nitrogens with one attached hydrogen (secondary N) is 2. The van der Waals surface area contributed by atoms with Gasteiger partial charge in [-0.2, -0.15) is 0 Å². The molecule has 0 radical (unpaired) electrons. The Kier molecular flexibility index (Phi) is 8.81. The second-order valence-corrected chi connectivity index (χ2v) is 7.71. The van der Waals surface area contributed by atoms with Crippen molar-refractivity contribution in [1.29, 1.82) is 0 Å². The van der Waals surface area contributed by atoms with E-state index >= 15 is 0 Å². The van der Waals surface area contributed by atoms with Crippen LogP contribution in [0.4, 0.5) is 5.69 Å². The fraction of sp³-hybridized carbons (Fsp3) is 0.562. The lowest BCUT2D eigenvalue weighted by Gasteiger charge is -2.12. The summed E-state index contributed by atoms with van der Waals surface area (Å²) >= 11 is 0. The van der Waals surface area contributed by atoms with Crippen LogP contribution in [0.15, 0.2) is 29.2 Å². The van der Waals surface area contributed by atoms with Crippen molar-refractivity contribution in [1.82, 2.24) is 4.72 Å². The van der Waals surface area contributed by atoms with E-state index in [-0.39, 0.29) is 48.5 Å². The van der Waals surface area contributed by atoms with Crippen molar-refractivity contribution in [3.8, 4) is 0 Å². The summed E-state index contributed by atoms with van der Waals surface area (Å²) in [5.74, 6) is -0.150. The summed E-state index contributed by atoms with van der Waals surface area (Å²) in [7, 11) is -3.61. The van der Waals surface area contributed by atoms with E-state index < -0.39 is 10.0 Å². The van der Waals surface area contributed by atoms with Crippen molar-refractivity contribution >= 4 is 34.0 Å². The minimum Gasteiger partial charge on any atom is -0.375 e. The molecule has 2 rings (SSSR count). The van der Waals surface area contributed by atoms with Gasteiger partial charge >= 0.3 is 0 Å². The molecule has 1 amide bonds. The molecule has 0 saturated carbocycles. The van der Waals surface area contributed by atoms with Crippen LogP contribution in [0.2, 0.25) is 0 Å². The highest BCUT2D eigenvalue weighted by Crippen LogP contribution is 2.23. The van der Waals surface area contributed by atoms with Crippen molar-refractivity contribution in [3.63, 3.8) is 0 Å². The fourth-order valence-electron chi connectivity index (χ4n) is 2.63. The van der Waals surface area contributed by atoms with Gasteiger partial charge in [0.05, 0.1) is 17.1 Å². The zero-order valence-electron chi connectivity index (χ0n) is 14.2. The van der Waals surface area contributed by atoms with E-state index in [0.29, 0.717) is 18.5 Å². The lowest BCUT2D eigenvalue weighted by molar-refractivity contribution is -0.116. The highest BCUT2D eigenvalue weighted by Gasteiger charge is 2.22. The van der Waals surface area contributed by atoms with Gasteiger partial charge < -0.3 is 15.8 Å². The van der Waals surface area contributed by atoms with E-state index in [1.165, 1.54) is 12.1 Å². The maximum Gasteiger partial charge on any atom is 0.240 e. The first-order chi connectivity index (χ1) is 11.4. The predicted octanol–water partition coefficient (Wildman–Crippen LogP) is 1.63. The first-order valence-electron chi connectivity index (χ1n) is 8.16. The first kappa shape index (κ1) is 21.9. The minimum atomic E-state index is -3.61. The van der Waals surface area contributed by atoms with Crippen LogP contribution >= 0.6 is 12.4 Å². The van der Waals surface area contributed by atoms with Gasteiger partial charge in [0, 0.05) is 25.2 Å². The van der Waals surface area contributed by atoms with Gasteiger partial charge in [0.15, 0.2) is 0 Å². The summed E-state index contributed by atoms with van der Waals surface area (Å²) in [5.41, 5.74) is 5.76. The molecule has 1 saturated heterocycles. The van der Waals surface area contributed by atoms with Crippen LogP contribution in [0.5, 0.6) is 0 Å². The van der Waals surface area contributed by atoms with Gasteiger partial charge in [-0.25, -0.2) is 13.1 Å². The van der Waals surface area contributed by atoms with E-state index in [4.69, 9.17) is 10.5 Å². The number of amides is 1. The molecule has 9 heteroatoms. The summed E-state index contributed by atoms with van der Waals surface area (Å²) in [6.45, 7) is 2.42. The summed E-state index contributed by atoms with van der Waals surface area (Å²) in [6, 6.07) is 6.16. The zero-order chi connectivity index (χ0) is 17.6. The molecule has 4 N–H and O–H groups in total. The number of anilines is 1. The third-order valence-electron chi connectivity index (χ3n) is 3.88. The van der Waals surface area contributed by atoms with Gasteiger partial charge in [0.2, 0.25) is 15.9 Å². The Bertz CT molecular complexity index is 669. The first-order valence-corrected chi connectivity index (χ1v) is 9.64. The molecule has 25 heavy (non-hydrogen) atoms. The number of carbonyl (C=O) groups is 1. The lowest BCUT2D eigenvalue weighted by Crippen LogP contribution is -2.29. The summed E-state index contributed by atoms with van der Waals surface area (Å²) in [4.78, 5) is 12.1. The van der Waals surface area contributed by atoms with Crippen LogP contribution < -0.4 is 15.8 Å². The molecule has 1 heterocycles. The van der Waals surface area contributed by atoms with Crippen molar-refractivity contribution in [3.05, 3.63) is 24.3 Å². The molecule has 1 fully saturated rings. The topological polar surface area (TPSA) is 111 Å². The number of hydrogen-bond donors (Lipinski definition) is 3. The normalized spacial score (nSPS) is 20.1. The van der Waals surface area contributed by atoms with Gasteiger partial charge in [-0.1, -0.05) is 6.07 Å². The second kappa shape index (κ2) is 10.1. The smallest absolute Gasteiger partial charge is 0.240 e. The SMILES string of the molecule is CC1CCC(CCC(=O)Nc2cccc(S(=O)(=O)NCCN)c2)O1.Cl. The fourth-order valence-corrected chi connectivity index (χ4v) is 3.72. The van der Waals surface area contributed by atoms with Crippen molar-refractivity contribution in [2.75, 3.05) is 18.4 Å². The van der Waals surface area contributed by atoms with E-state index in [1.807, 2.05) is 6.92 Å². The Morgan fingerprint density at radius 3 is 2.76 bits per heavy atom. The predicted molar refractivity (Wildman–Crippen MR) is 99.4 cm³/mol. The van der Waals surface area contributed by atoms with E-state index in [0.717, 1.165) is 12.8 Å². The van der Waals surface area contributed by atoms with Crippen molar-refractivity contribution in [2.45, 2.75) is 49.7 Å². The maximum absolute atomic E-state index is 12.1. The maximum atomic E-state index is 12.1. The van der Waals surface area contributed by atoms with Gasteiger partial charge in [-0.05, 0) is 44.4 Å². The third-order valence-corrected chi connectivity index (χ3v) is 5.34. The van der Waals surface area contributed by atoms with Crippen LogP contribution in [0.3, 0.4) is 0 Å². The van der Waals surface area contributed by atoms with Gasteiger partial charge in [0.25, 0.3) is 0 Å². The average molecular weight is 392 g/mol. The quantitative estimate of drug-likeness (QED) is 0.623. The number of hydrogen-bond acceptors (Lipinski definition) is 5. The molecular formula is C16H26ClN3O4S. The highest BCUT2D eigenvalue weighted by atomic mass is 35.5. The molecule has 0 bridgehead atoms. The van der Waals surface area contributed by atoms with Crippen LogP contribution in [0, 0.1) is 0 Å². The number of benzene rings is 1. The summed E-state index contributed by atoms with van der Waals surface area (Å²) in [5, 5.41) is 2.73. The number of sulfonamides is 1. The Hall–Kier alpha value is -1.19. The molecule has 142 valence electrons. The van der Waals surface area contributed by atoms with Crippen LogP contribution in [0.25, 0.3) is 0 Å². The van der Waals surface area contributed by atoms with Crippen molar-refractivity contribution < 1.29 is 17.9 Å². The third kappa shape index (κ3) is 6.91. The second-order valence-electron chi connectivity index (χ2n) is 5.95. The van der Waals surface area contributed by atoms with Gasteiger partial charge in [-0.15, -0.1) is 12.4 Å². The monoisotopic (exact) mass is 391 g/mol. The van der Waals surface area contributed by atoms with E-state index in [9.17, 15) is 13.2 Å². The molecule has 1 aromatic rings. The lowest BCUT2D eigenvalue weighted by atomic mass is 10.1. The molecular weight excluding hydrogens is 366 g/mol. The molecule has 2 atom stereocenters. The molecule has 0 aliphatic carbocycles.